The van der Waals surface area contributed by atoms with Crippen molar-refractivity contribution in [1.82, 2.24) is 10.4 Å². The van der Waals surface area contributed by atoms with Crippen LogP contribution in [-0.4, -0.2) is 35.0 Å². The SMILES string of the molecule is CC(C(=O)NN1CCCCC1)C(N)=NO. The average Bonchev–Trinajstić information content (AvgIpc) is 2.28. The Morgan fingerprint density at radius 2 is 2.07 bits per heavy atom. The van der Waals surface area contributed by atoms with Gasteiger partial charge in [0.25, 0.3) is 0 Å². The van der Waals surface area contributed by atoms with E-state index in [0.29, 0.717) is 0 Å². The molecule has 1 aliphatic heterocycles. The maximum atomic E-state index is 11.6. The number of hydrazine groups is 1. The molecule has 6 nitrogen and oxygen atoms in total. The summed E-state index contributed by atoms with van der Waals surface area (Å²) in [6, 6.07) is 0. The molecule has 1 atom stereocenters. The summed E-state index contributed by atoms with van der Waals surface area (Å²) in [6.07, 6.45) is 3.40. The molecule has 0 radical (unpaired) electrons. The Morgan fingerprint density at radius 1 is 1.47 bits per heavy atom. The molecule has 0 aromatic heterocycles. The van der Waals surface area contributed by atoms with Gasteiger partial charge in [-0.05, 0) is 19.8 Å². The van der Waals surface area contributed by atoms with Gasteiger partial charge in [-0.25, -0.2) is 5.01 Å². The zero-order valence-corrected chi connectivity index (χ0v) is 8.94. The first-order valence-corrected chi connectivity index (χ1v) is 5.18. The number of hydrogen-bond acceptors (Lipinski definition) is 4. The van der Waals surface area contributed by atoms with Crippen molar-refractivity contribution in [3.63, 3.8) is 0 Å². The van der Waals surface area contributed by atoms with Crippen LogP contribution in [0.2, 0.25) is 0 Å². The zero-order valence-electron chi connectivity index (χ0n) is 8.94. The summed E-state index contributed by atoms with van der Waals surface area (Å²) in [7, 11) is 0. The molecule has 1 heterocycles. The average molecular weight is 214 g/mol. The number of rotatable bonds is 3. The van der Waals surface area contributed by atoms with Crippen LogP contribution in [0.1, 0.15) is 26.2 Å². The van der Waals surface area contributed by atoms with Crippen LogP contribution >= 0.6 is 0 Å². The molecule has 0 aromatic carbocycles. The molecule has 0 aromatic rings. The van der Waals surface area contributed by atoms with Crippen molar-refractivity contribution >= 4 is 11.7 Å². The van der Waals surface area contributed by atoms with Gasteiger partial charge in [-0.1, -0.05) is 11.6 Å². The molecule has 6 heteroatoms. The van der Waals surface area contributed by atoms with Gasteiger partial charge in [0, 0.05) is 13.1 Å². The highest BCUT2D eigenvalue weighted by molar-refractivity contribution is 6.01. The number of nitrogens with zero attached hydrogens (tertiary/aromatic N) is 2. The monoisotopic (exact) mass is 214 g/mol. The fraction of sp³-hybridized carbons (Fsp3) is 0.778. The van der Waals surface area contributed by atoms with Crippen molar-refractivity contribution in [1.29, 1.82) is 0 Å². The number of amidine groups is 1. The number of nitrogens with one attached hydrogen (secondary N) is 1. The highest BCUT2D eigenvalue weighted by atomic mass is 16.4. The first kappa shape index (κ1) is 11.8. The quantitative estimate of drug-likeness (QED) is 0.264. The highest BCUT2D eigenvalue weighted by Crippen LogP contribution is 2.06. The van der Waals surface area contributed by atoms with Gasteiger partial charge in [0.15, 0.2) is 5.84 Å². The third-order valence-corrected chi connectivity index (χ3v) is 2.58. The summed E-state index contributed by atoms with van der Waals surface area (Å²) < 4.78 is 0. The van der Waals surface area contributed by atoms with Gasteiger partial charge < -0.3 is 10.9 Å². The fourth-order valence-corrected chi connectivity index (χ4v) is 1.48. The second-order valence-corrected chi connectivity index (χ2v) is 3.77. The number of oxime groups is 1. The van der Waals surface area contributed by atoms with E-state index in [1.54, 1.807) is 6.92 Å². The van der Waals surface area contributed by atoms with Crippen molar-refractivity contribution in [2.45, 2.75) is 26.2 Å². The van der Waals surface area contributed by atoms with E-state index in [0.717, 1.165) is 25.9 Å². The Morgan fingerprint density at radius 3 is 2.60 bits per heavy atom. The Labute approximate surface area is 89.1 Å². The summed E-state index contributed by atoms with van der Waals surface area (Å²) >= 11 is 0. The van der Waals surface area contributed by atoms with Crippen molar-refractivity contribution in [3.8, 4) is 0 Å². The summed E-state index contributed by atoms with van der Waals surface area (Å²) in [5, 5.41) is 13.1. The van der Waals surface area contributed by atoms with E-state index in [1.807, 2.05) is 5.01 Å². The van der Waals surface area contributed by atoms with E-state index >= 15 is 0 Å². The third-order valence-electron chi connectivity index (χ3n) is 2.58. The molecule has 1 amide bonds. The highest BCUT2D eigenvalue weighted by Gasteiger charge is 2.20. The minimum atomic E-state index is -0.600. The summed E-state index contributed by atoms with van der Waals surface area (Å²) in [6.45, 7) is 3.34. The molecular formula is C9H18N4O2. The number of piperidine rings is 1. The van der Waals surface area contributed by atoms with Crippen LogP contribution < -0.4 is 11.2 Å². The largest absolute Gasteiger partial charge is 0.409 e. The van der Waals surface area contributed by atoms with Crippen LogP contribution in [0.4, 0.5) is 0 Å². The van der Waals surface area contributed by atoms with Gasteiger partial charge in [-0.2, -0.15) is 0 Å². The van der Waals surface area contributed by atoms with Crippen molar-refractivity contribution in [2.24, 2.45) is 16.8 Å². The van der Waals surface area contributed by atoms with Crippen LogP contribution in [-0.2, 0) is 4.79 Å². The van der Waals surface area contributed by atoms with Gasteiger partial charge >= 0.3 is 0 Å². The molecule has 1 fully saturated rings. The van der Waals surface area contributed by atoms with Crippen molar-refractivity contribution in [3.05, 3.63) is 0 Å². The lowest BCUT2D eigenvalue weighted by Crippen LogP contribution is -2.49. The van der Waals surface area contributed by atoms with Crippen LogP contribution in [0.15, 0.2) is 5.16 Å². The summed E-state index contributed by atoms with van der Waals surface area (Å²) in [4.78, 5) is 11.6. The van der Waals surface area contributed by atoms with Gasteiger partial charge in [0.05, 0.1) is 5.92 Å². The minimum absolute atomic E-state index is 0.0653. The standard InChI is InChI=1S/C9H18N4O2/c1-7(8(10)12-15)9(14)11-13-5-3-2-4-6-13/h7,15H,2-6H2,1H3,(H2,10,12)(H,11,14). The smallest absolute Gasteiger partial charge is 0.244 e. The first-order valence-electron chi connectivity index (χ1n) is 5.18. The van der Waals surface area contributed by atoms with E-state index in [9.17, 15) is 4.79 Å². The van der Waals surface area contributed by atoms with E-state index in [4.69, 9.17) is 10.9 Å². The summed E-state index contributed by atoms with van der Waals surface area (Å²) in [5.74, 6) is -0.895. The number of hydrogen-bond donors (Lipinski definition) is 3. The van der Waals surface area contributed by atoms with Crippen LogP contribution in [0.5, 0.6) is 0 Å². The predicted molar refractivity (Wildman–Crippen MR) is 56.1 cm³/mol. The van der Waals surface area contributed by atoms with Gasteiger partial charge in [-0.15, -0.1) is 0 Å². The minimum Gasteiger partial charge on any atom is -0.409 e. The molecule has 0 aliphatic carbocycles. The number of nitrogens with two attached hydrogens (primary N) is 1. The number of carbonyl (C=O) groups is 1. The maximum Gasteiger partial charge on any atom is 0.244 e. The van der Waals surface area contributed by atoms with E-state index in [1.165, 1.54) is 6.42 Å². The molecule has 1 rings (SSSR count). The van der Waals surface area contributed by atoms with Gasteiger partial charge in [0.1, 0.15) is 0 Å². The van der Waals surface area contributed by atoms with E-state index < -0.39 is 5.92 Å². The third kappa shape index (κ3) is 3.39. The lowest BCUT2D eigenvalue weighted by molar-refractivity contribution is -0.128. The zero-order chi connectivity index (χ0) is 11.3. The molecule has 1 unspecified atom stereocenters. The molecule has 1 saturated heterocycles. The number of carbonyl (C=O) groups excluding carboxylic acids is 1. The van der Waals surface area contributed by atoms with Crippen LogP contribution in [0, 0.1) is 5.92 Å². The van der Waals surface area contributed by atoms with Crippen LogP contribution in [0.25, 0.3) is 0 Å². The Balaban J connectivity index is 2.40. The lowest BCUT2D eigenvalue weighted by Gasteiger charge is -2.27. The normalized spacial score (nSPS) is 21.0. The molecule has 86 valence electrons. The topological polar surface area (TPSA) is 91.0 Å². The van der Waals surface area contributed by atoms with E-state index in [-0.39, 0.29) is 11.7 Å². The summed E-state index contributed by atoms with van der Waals surface area (Å²) in [5.41, 5.74) is 8.10. The predicted octanol–water partition coefficient (Wildman–Crippen LogP) is -0.114. The second kappa shape index (κ2) is 5.55. The van der Waals surface area contributed by atoms with Crippen molar-refractivity contribution < 1.29 is 10.0 Å². The maximum absolute atomic E-state index is 11.6. The lowest BCUT2D eigenvalue weighted by atomic mass is 10.1. The molecule has 0 saturated carbocycles. The molecule has 0 spiro atoms. The molecule has 1 aliphatic rings. The molecule has 4 N–H and O–H groups in total. The second-order valence-electron chi connectivity index (χ2n) is 3.77. The van der Waals surface area contributed by atoms with Gasteiger partial charge in [-0.3, -0.25) is 10.2 Å². The first-order chi connectivity index (χ1) is 7.15. The van der Waals surface area contributed by atoms with Gasteiger partial charge in [0.2, 0.25) is 5.91 Å². The fourth-order valence-electron chi connectivity index (χ4n) is 1.48. The number of amides is 1. The Hall–Kier alpha value is -1.30. The Bertz CT molecular complexity index is 248. The molecular weight excluding hydrogens is 196 g/mol. The van der Waals surface area contributed by atoms with E-state index in [2.05, 4.69) is 10.6 Å². The molecule has 0 bridgehead atoms. The molecule has 15 heavy (non-hydrogen) atoms. The van der Waals surface area contributed by atoms with Crippen molar-refractivity contribution in [2.75, 3.05) is 13.1 Å². The van der Waals surface area contributed by atoms with Crippen LogP contribution in [0.3, 0.4) is 0 Å². The Kier molecular flexibility index (Phi) is 4.36.